The van der Waals surface area contributed by atoms with Gasteiger partial charge in [0.25, 0.3) is 0 Å². The number of rotatable bonds is 4. The van der Waals surface area contributed by atoms with Gasteiger partial charge in [-0.15, -0.1) is 0 Å². The lowest BCUT2D eigenvalue weighted by molar-refractivity contribution is 1.26. The summed E-state index contributed by atoms with van der Waals surface area (Å²) < 4.78 is 2.75. The van der Waals surface area contributed by atoms with E-state index in [2.05, 4.69) is 242 Å². The van der Waals surface area contributed by atoms with E-state index in [1.165, 1.54) is 142 Å². The highest BCUT2D eigenvalue weighted by molar-refractivity contribution is 6.90. The highest BCUT2D eigenvalue weighted by Crippen LogP contribution is 2.52. The van der Waals surface area contributed by atoms with Crippen molar-refractivity contribution in [2.24, 2.45) is 0 Å². The molecule has 3 heterocycles. The third kappa shape index (κ3) is 6.10. The third-order valence-electron chi connectivity index (χ3n) is 15.8. The molecular weight excluding hydrogens is 868 g/mol. The smallest absolute Gasteiger partial charge is 0.333 e. The van der Waals surface area contributed by atoms with E-state index in [-0.39, 0.29) is 6.85 Å². The number of allylic oxidation sites excluding steroid dienone is 3. The van der Waals surface area contributed by atoms with E-state index in [4.69, 9.17) is 0 Å². The number of aromatic nitrogens is 1. The number of hydrogen-bond acceptors (Lipinski definition) is 1. The fourth-order valence-corrected chi connectivity index (χ4v) is 12.6. The van der Waals surface area contributed by atoms with Gasteiger partial charge in [-0.2, -0.15) is 0 Å². The molecule has 72 heavy (non-hydrogen) atoms. The van der Waals surface area contributed by atoms with Crippen molar-refractivity contribution in [1.29, 1.82) is 0 Å². The zero-order valence-corrected chi connectivity index (χ0v) is 40.6. The summed E-state index contributed by atoms with van der Waals surface area (Å²) in [6.45, 7) is 9.96. The lowest BCUT2D eigenvalue weighted by Gasteiger charge is -2.41. The van der Waals surface area contributed by atoms with Gasteiger partial charge in [0.15, 0.2) is 0 Å². The second-order valence-electron chi connectivity index (χ2n) is 19.6. The Labute approximate surface area is 420 Å². The standard InChI is InChI=1S/C64H41BN2.C5H8/c1-38-48-24-15-16-25-49(48)39(2)54-37-58-56(36-53(38)54)65-63-59(66(58)47-32-45(40-17-5-3-6-18-40)31-46(33-47)41-19-7-4-8-20-41)35-44-23-11-13-27-51(44)60(63)55-34-43-22-10-14-28-52(43)62-61-50-26-12-9-21-42(50)29-30-57(61)67(65)64(55)62;1-3-5-4-2/h3-37H,1-2H3;3-5H,1H2,2H3/b;5-4-. The molecule has 2 nitrogen and oxygen atoms in total. The molecule has 12 aromatic carbocycles. The van der Waals surface area contributed by atoms with E-state index in [0.29, 0.717) is 0 Å². The molecule has 0 saturated carbocycles. The topological polar surface area (TPSA) is 8.17 Å². The SMILES string of the molecule is C=C/C=C\C.Cc1c2ccccc2c(C)c2cc3c(cc12)B1c2c(cc4ccccc4c2-c2cc4ccccc4c4c5c6ccccc6ccc5n1c24)N3c1cc(-c2ccccc2)cc(-c2ccccc2)c1. The summed E-state index contributed by atoms with van der Waals surface area (Å²) in [7, 11) is 0. The van der Waals surface area contributed by atoms with Crippen molar-refractivity contribution in [1.82, 2.24) is 4.48 Å². The van der Waals surface area contributed by atoms with Crippen molar-refractivity contribution in [3.63, 3.8) is 0 Å². The van der Waals surface area contributed by atoms with Crippen LogP contribution in [0.1, 0.15) is 18.1 Å². The number of nitrogens with zero attached hydrogens (tertiary/aromatic N) is 2. The van der Waals surface area contributed by atoms with Crippen LogP contribution in [0.4, 0.5) is 17.1 Å². The second-order valence-corrected chi connectivity index (χ2v) is 19.6. The van der Waals surface area contributed by atoms with Crippen molar-refractivity contribution in [2.75, 3.05) is 4.90 Å². The van der Waals surface area contributed by atoms with Gasteiger partial charge < -0.3 is 9.38 Å². The van der Waals surface area contributed by atoms with Gasteiger partial charge in [-0.25, -0.2) is 0 Å². The fourth-order valence-electron chi connectivity index (χ4n) is 12.6. The van der Waals surface area contributed by atoms with E-state index in [9.17, 15) is 0 Å². The highest BCUT2D eigenvalue weighted by Gasteiger charge is 2.44. The number of hydrogen-bond donors (Lipinski definition) is 0. The number of benzene rings is 12. The Hall–Kier alpha value is -8.92. The number of anilines is 3. The molecule has 0 saturated heterocycles. The summed E-state index contributed by atoms with van der Waals surface area (Å²) in [5.74, 6) is 0. The van der Waals surface area contributed by atoms with Gasteiger partial charge >= 0.3 is 6.85 Å². The van der Waals surface area contributed by atoms with Crippen LogP contribution < -0.4 is 15.8 Å². The van der Waals surface area contributed by atoms with Crippen molar-refractivity contribution in [2.45, 2.75) is 20.8 Å². The lowest BCUT2D eigenvalue weighted by Crippen LogP contribution is -2.56. The Balaban J connectivity index is 0.000000921. The Morgan fingerprint density at radius 2 is 0.986 bits per heavy atom. The quantitative estimate of drug-likeness (QED) is 0.0970. The highest BCUT2D eigenvalue weighted by atomic mass is 15.2. The molecule has 0 fully saturated rings. The summed E-state index contributed by atoms with van der Waals surface area (Å²) in [5, 5.41) is 15.5. The normalized spacial score (nSPS) is 12.6. The molecule has 2 aliphatic heterocycles. The molecule has 0 amide bonds. The molecule has 0 radical (unpaired) electrons. The zero-order chi connectivity index (χ0) is 48.2. The molecule has 0 bridgehead atoms. The summed E-state index contributed by atoms with van der Waals surface area (Å²) >= 11 is 0. The Morgan fingerprint density at radius 1 is 0.444 bits per heavy atom. The van der Waals surface area contributed by atoms with Gasteiger partial charge in [0, 0.05) is 44.4 Å². The molecule has 2 aliphatic rings. The molecule has 0 aliphatic carbocycles. The van der Waals surface area contributed by atoms with Crippen LogP contribution in [-0.4, -0.2) is 11.3 Å². The molecule has 0 atom stereocenters. The van der Waals surface area contributed by atoms with Gasteiger partial charge in [-0.1, -0.05) is 195 Å². The van der Waals surface area contributed by atoms with Crippen LogP contribution in [-0.2, 0) is 0 Å². The fraction of sp³-hybridized carbons (Fsp3) is 0.0435. The van der Waals surface area contributed by atoms with Gasteiger partial charge in [0.1, 0.15) is 0 Å². The van der Waals surface area contributed by atoms with Gasteiger partial charge in [-0.05, 0) is 167 Å². The number of aryl methyl sites for hydroxylation is 2. The minimum absolute atomic E-state index is 0.114. The van der Waals surface area contributed by atoms with Crippen LogP contribution in [0, 0.1) is 13.8 Å². The van der Waals surface area contributed by atoms with Crippen LogP contribution in [0.5, 0.6) is 0 Å². The molecule has 338 valence electrons. The summed E-state index contributed by atoms with van der Waals surface area (Å²) in [4.78, 5) is 2.63. The van der Waals surface area contributed by atoms with Crippen molar-refractivity contribution in [3.8, 4) is 33.4 Å². The minimum Gasteiger partial charge on any atom is -0.375 e. The molecule has 0 N–H and O–H groups in total. The van der Waals surface area contributed by atoms with Crippen LogP contribution in [0.3, 0.4) is 0 Å². The molecule has 13 aromatic rings. The first kappa shape index (κ1) is 42.0. The van der Waals surface area contributed by atoms with Crippen LogP contribution in [0.15, 0.2) is 237 Å². The van der Waals surface area contributed by atoms with Crippen LogP contribution in [0.25, 0.3) is 109 Å². The van der Waals surface area contributed by atoms with Gasteiger partial charge in [-0.3, -0.25) is 0 Å². The van der Waals surface area contributed by atoms with E-state index in [0.717, 1.165) is 5.69 Å². The maximum absolute atomic E-state index is 3.46. The molecule has 0 spiro atoms. The molecular formula is C69H49BN2. The monoisotopic (exact) mass is 916 g/mol. The predicted molar refractivity (Wildman–Crippen MR) is 313 cm³/mol. The largest absolute Gasteiger partial charge is 0.375 e. The van der Waals surface area contributed by atoms with Crippen molar-refractivity contribution < 1.29 is 0 Å². The average molecular weight is 917 g/mol. The molecule has 1 aromatic heterocycles. The van der Waals surface area contributed by atoms with E-state index >= 15 is 0 Å². The van der Waals surface area contributed by atoms with Crippen LogP contribution >= 0.6 is 0 Å². The Bertz CT molecular complexity index is 4390. The number of fused-ring (bicyclic) bond motifs is 15. The van der Waals surface area contributed by atoms with Crippen molar-refractivity contribution >= 4 is 111 Å². The van der Waals surface area contributed by atoms with E-state index in [1.807, 2.05) is 19.1 Å². The van der Waals surface area contributed by atoms with E-state index in [1.54, 1.807) is 6.08 Å². The third-order valence-corrected chi connectivity index (χ3v) is 15.8. The summed E-state index contributed by atoms with van der Waals surface area (Å²) in [5.41, 5.74) is 18.9. The summed E-state index contributed by atoms with van der Waals surface area (Å²) in [6.07, 6.45) is 5.58. The molecule has 3 heteroatoms. The predicted octanol–water partition coefficient (Wildman–Crippen LogP) is 17.7. The van der Waals surface area contributed by atoms with E-state index < -0.39 is 0 Å². The first-order chi connectivity index (χ1) is 35.5. The zero-order valence-electron chi connectivity index (χ0n) is 40.6. The average Bonchev–Trinajstić information content (AvgIpc) is 3.80. The first-order valence-corrected chi connectivity index (χ1v) is 25.2. The molecule has 15 rings (SSSR count). The van der Waals surface area contributed by atoms with Crippen LogP contribution in [0.2, 0.25) is 0 Å². The van der Waals surface area contributed by atoms with Gasteiger partial charge in [0.2, 0.25) is 0 Å². The summed E-state index contributed by atoms with van der Waals surface area (Å²) in [6, 6.07) is 80.0. The maximum atomic E-state index is 3.46. The minimum atomic E-state index is -0.114. The first-order valence-electron chi connectivity index (χ1n) is 25.2. The lowest BCUT2D eigenvalue weighted by atomic mass is 9.44. The molecule has 0 unspecified atom stereocenters. The second kappa shape index (κ2) is 16.3. The van der Waals surface area contributed by atoms with Gasteiger partial charge in [0.05, 0.1) is 0 Å². The Kier molecular flexibility index (Phi) is 9.53. The Morgan fingerprint density at radius 3 is 1.60 bits per heavy atom. The van der Waals surface area contributed by atoms with Crippen molar-refractivity contribution in [3.05, 3.63) is 248 Å². The maximum Gasteiger partial charge on any atom is 0.333 e.